The molecule has 0 aliphatic carbocycles. The quantitative estimate of drug-likeness (QED) is 0.824. The van der Waals surface area contributed by atoms with Crippen molar-refractivity contribution in [2.75, 3.05) is 36.8 Å². The Bertz CT molecular complexity index is 376. The summed E-state index contributed by atoms with van der Waals surface area (Å²) in [5.74, 6) is 1.78. The van der Waals surface area contributed by atoms with Gasteiger partial charge in [0.1, 0.15) is 18.0 Å². The SMILES string of the molecule is CCNc1cc(NCC(C)N2CCCCC2)ncn1. The summed E-state index contributed by atoms with van der Waals surface area (Å²) in [6.07, 6.45) is 5.66. The van der Waals surface area contributed by atoms with Crippen LogP contribution in [-0.2, 0) is 0 Å². The van der Waals surface area contributed by atoms with Crippen LogP contribution in [0.3, 0.4) is 0 Å². The molecule has 5 heteroatoms. The van der Waals surface area contributed by atoms with Gasteiger partial charge in [-0.3, -0.25) is 4.90 Å². The number of hydrogen-bond acceptors (Lipinski definition) is 5. The Hall–Kier alpha value is -1.36. The van der Waals surface area contributed by atoms with Gasteiger partial charge >= 0.3 is 0 Å². The summed E-state index contributed by atoms with van der Waals surface area (Å²) in [4.78, 5) is 11.0. The van der Waals surface area contributed by atoms with Crippen LogP contribution in [0.25, 0.3) is 0 Å². The third-order valence-electron chi connectivity index (χ3n) is 3.62. The fourth-order valence-corrected chi connectivity index (χ4v) is 2.47. The zero-order valence-corrected chi connectivity index (χ0v) is 12.0. The molecule has 1 atom stereocenters. The van der Waals surface area contributed by atoms with Gasteiger partial charge in [0, 0.05) is 25.2 Å². The Morgan fingerprint density at radius 3 is 2.53 bits per heavy atom. The second-order valence-corrected chi connectivity index (χ2v) is 5.15. The Labute approximate surface area is 115 Å². The predicted molar refractivity (Wildman–Crippen MR) is 79.6 cm³/mol. The summed E-state index contributed by atoms with van der Waals surface area (Å²) in [6.45, 7) is 8.62. The highest BCUT2D eigenvalue weighted by Crippen LogP contribution is 2.13. The summed E-state index contributed by atoms with van der Waals surface area (Å²) in [5.41, 5.74) is 0. The zero-order valence-electron chi connectivity index (χ0n) is 12.0. The van der Waals surface area contributed by atoms with Crippen molar-refractivity contribution in [3.05, 3.63) is 12.4 Å². The molecule has 5 nitrogen and oxygen atoms in total. The lowest BCUT2D eigenvalue weighted by atomic mass is 10.1. The van der Waals surface area contributed by atoms with Gasteiger partial charge in [-0.2, -0.15) is 0 Å². The van der Waals surface area contributed by atoms with Gasteiger partial charge in [0.25, 0.3) is 0 Å². The number of anilines is 2. The number of piperidine rings is 1. The van der Waals surface area contributed by atoms with E-state index in [0.29, 0.717) is 6.04 Å². The average molecular weight is 263 g/mol. The minimum Gasteiger partial charge on any atom is -0.370 e. The maximum atomic E-state index is 4.26. The third-order valence-corrected chi connectivity index (χ3v) is 3.62. The van der Waals surface area contributed by atoms with Crippen LogP contribution < -0.4 is 10.6 Å². The first kappa shape index (κ1) is 14.1. The van der Waals surface area contributed by atoms with Gasteiger partial charge in [0.05, 0.1) is 0 Å². The molecule has 0 saturated carbocycles. The molecule has 0 aromatic carbocycles. The molecule has 1 aromatic rings. The minimum atomic E-state index is 0.554. The number of hydrogen-bond donors (Lipinski definition) is 2. The van der Waals surface area contributed by atoms with Gasteiger partial charge in [0.2, 0.25) is 0 Å². The van der Waals surface area contributed by atoms with Gasteiger partial charge in [0.15, 0.2) is 0 Å². The summed E-state index contributed by atoms with van der Waals surface area (Å²) < 4.78 is 0. The lowest BCUT2D eigenvalue weighted by molar-refractivity contribution is 0.180. The molecule has 19 heavy (non-hydrogen) atoms. The summed E-state index contributed by atoms with van der Waals surface area (Å²) in [5, 5.41) is 6.61. The number of nitrogens with zero attached hydrogens (tertiary/aromatic N) is 3. The summed E-state index contributed by atoms with van der Waals surface area (Å²) in [6, 6.07) is 2.52. The highest BCUT2D eigenvalue weighted by molar-refractivity contribution is 5.46. The highest BCUT2D eigenvalue weighted by atomic mass is 15.2. The van der Waals surface area contributed by atoms with E-state index in [1.54, 1.807) is 6.33 Å². The van der Waals surface area contributed by atoms with Crippen molar-refractivity contribution in [3.8, 4) is 0 Å². The molecule has 1 aliphatic rings. The molecule has 2 rings (SSSR count). The van der Waals surface area contributed by atoms with E-state index >= 15 is 0 Å². The van der Waals surface area contributed by atoms with Crippen molar-refractivity contribution in [1.29, 1.82) is 0 Å². The summed E-state index contributed by atoms with van der Waals surface area (Å²) >= 11 is 0. The summed E-state index contributed by atoms with van der Waals surface area (Å²) in [7, 11) is 0. The van der Waals surface area contributed by atoms with Crippen molar-refractivity contribution < 1.29 is 0 Å². The lowest BCUT2D eigenvalue weighted by Crippen LogP contribution is -2.41. The number of likely N-dealkylation sites (tertiary alicyclic amines) is 1. The first-order valence-electron chi connectivity index (χ1n) is 7.33. The van der Waals surface area contributed by atoms with Crippen molar-refractivity contribution >= 4 is 11.6 Å². The molecule has 0 amide bonds. The number of rotatable bonds is 6. The molecule has 106 valence electrons. The Kier molecular flexibility index (Phi) is 5.39. The van der Waals surface area contributed by atoms with Crippen LogP contribution in [0.2, 0.25) is 0 Å². The Morgan fingerprint density at radius 2 is 1.84 bits per heavy atom. The fraction of sp³-hybridized carbons (Fsp3) is 0.714. The van der Waals surface area contributed by atoms with Crippen molar-refractivity contribution in [2.45, 2.75) is 39.2 Å². The molecule has 1 fully saturated rings. The molecule has 1 saturated heterocycles. The molecule has 1 unspecified atom stereocenters. The normalized spacial score (nSPS) is 18.0. The van der Waals surface area contributed by atoms with Crippen LogP contribution in [0, 0.1) is 0 Å². The van der Waals surface area contributed by atoms with E-state index < -0.39 is 0 Å². The fourth-order valence-electron chi connectivity index (χ4n) is 2.47. The number of aromatic nitrogens is 2. The second-order valence-electron chi connectivity index (χ2n) is 5.15. The van der Waals surface area contributed by atoms with E-state index in [-0.39, 0.29) is 0 Å². The Balaban J connectivity index is 1.82. The van der Waals surface area contributed by atoms with Gasteiger partial charge in [-0.25, -0.2) is 9.97 Å². The largest absolute Gasteiger partial charge is 0.370 e. The van der Waals surface area contributed by atoms with Crippen LogP contribution in [0.4, 0.5) is 11.6 Å². The molecular formula is C14H25N5. The third kappa shape index (κ3) is 4.35. The first-order valence-corrected chi connectivity index (χ1v) is 7.33. The van der Waals surface area contributed by atoms with Crippen LogP contribution in [0.15, 0.2) is 12.4 Å². The molecular weight excluding hydrogens is 238 g/mol. The van der Waals surface area contributed by atoms with Crippen molar-refractivity contribution in [2.24, 2.45) is 0 Å². The van der Waals surface area contributed by atoms with E-state index in [9.17, 15) is 0 Å². The topological polar surface area (TPSA) is 53.1 Å². The molecule has 0 radical (unpaired) electrons. The van der Waals surface area contributed by atoms with E-state index in [0.717, 1.165) is 24.7 Å². The van der Waals surface area contributed by atoms with Crippen LogP contribution in [0.1, 0.15) is 33.1 Å². The van der Waals surface area contributed by atoms with Crippen LogP contribution in [0.5, 0.6) is 0 Å². The van der Waals surface area contributed by atoms with E-state index in [4.69, 9.17) is 0 Å². The van der Waals surface area contributed by atoms with Gasteiger partial charge < -0.3 is 10.6 Å². The van der Waals surface area contributed by atoms with Crippen molar-refractivity contribution in [1.82, 2.24) is 14.9 Å². The van der Waals surface area contributed by atoms with E-state index in [2.05, 4.69) is 39.3 Å². The molecule has 2 heterocycles. The van der Waals surface area contributed by atoms with Crippen LogP contribution >= 0.6 is 0 Å². The first-order chi connectivity index (χ1) is 9.29. The maximum absolute atomic E-state index is 4.26. The van der Waals surface area contributed by atoms with E-state index in [1.165, 1.54) is 32.4 Å². The molecule has 2 N–H and O–H groups in total. The van der Waals surface area contributed by atoms with Crippen molar-refractivity contribution in [3.63, 3.8) is 0 Å². The smallest absolute Gasteiger partial charge is 0.131 e. The van der Waals surface area contributed by atoms with Gasteiger partial charge in [-0.05, 0) is 39.8 Å². The van der Waals surface area contributed by atoms with E-state index in [1.807, 2.05) is 6.07 Å². The van der Waals surface area contributed by atoms with Gasteiger partial charge in [-0.15, -0.1) is 0 Å². The second kappa shape index (κ2) is 7.28. The zero-order chi connectivity index (χ0) is 13.5. The average Bonchev–Trinajstić information content (AvgIpc) is 2.46. The minimum absolute atomic E-state index is 0.554. The molecule has 0 bridgehead atoms. The molecule has 1 aliphatic heterocycles. The maximum Gasteiger partial charge on any atom is 0.131 e. The van der Waals surface area contributed by atoms with Gasteiger partial charge in [-0.1, -0.05) is 6.42 Å². The molecule has 1 aromatic heterocycles. The lowest BCUT2D eigenvalue weighted by Gasteiger charge is -2.32. The monoisotopic (exact) mass is 263 g/mol. The standard InChI is InChI=1S/C14H25N5/c1-3-15-13-9-14(18-11-17-13)16-10-12(2)19-7-5-4-6-8-19/h9,11-12H,3-8,10H2,1-2H3,(H2,15,16,17,18). The molecule has 0 spiro atoms. The Morgan fingerprint density at radius 1 is 1.16 bits per heavy atom. The van der Waals surface area contributed by atoms with Crippen LogP contribution in [-0.4, -0.2) is 47.1 Å². The highest BCUT2D eigenvalue weighted by Gasteiger charge is 2.16. The predicted octanol–water partition coefficient (Wildman–Crippen LogP) is 2.19. The number of nitrogens with one attached hydrogen (secondary N) is 2.